The van der Waals surface area contributed by atoms with Crippen LogP contribution in [-0.2, 0) is 4.65 Å². The highest BCUT2D eigenvalue weighted by molar-refractivity contribution is 6.33. The van der Waals surface area contributed by atoms with Crippen molar-refractivity contribution >= 4 is 25.0 Å². The standard InChI is InChI=1S/C8H8BClO3/c10-8-4-2-1-3-7(8)5-6-13-9(11)12/h1-6,11-12H/b6-5+. The second kappa shape index (κ2) is 4.92. The molecule has 0 aliphatic rings. The molecule has 1 aromatic carbocycles. The third kappa shape index (κ3) is 3.50. The highest BCUT2D eigenvalue weighted by Crippen LogP contribution is 2.15. The lowest BCUT2D eigenvalue weighted by Gasteiger charge is -1.97. The van der Waals surface area contributed by atoms with Gasteiger partial charge < -0.3 is 14.7 Å². The van der Waals surface area contributed by atoms with Gasteiger partial charge in [-0.3, -0.25) is 0 Å². The Morgan fingerprint density at radius 1 is 1.31 bits per heavy atom. The van der Waals surface area contributed by atoms with Crippen LogP contribution in [0.25, 0.3) is 6.08 Å². The molecule has 0 bridgehead atoms. The van der Waals surface area contributed by atoms with Crippen LogP contribution >= 0.6 is 11.6 Å². The molecule has 5 heteroatoms. The fraction of sp³-hybridized carbons (Fsp3) is 0. The van der Waals surface area contributed by atoms with Gasteiger partial charge in [0.25, 0.3) is 0 Å². The average molecular weight is 198 g/mol. The molecular weight excluding hydrogens is 190 g/mol. The van der Waals surface area contributed by atoms with Gasteiger partial charge in [0.05, 0.1) is 6.26 Å². The maximum Gasteiger partial charge on any atom is 0.707 e. The van der Waals surface area contributed by atoms with Crippen LogP contribution in [0.2, 0.25) is 5.02 Å². The van der Waals surface area contributed by atoms with Crippen molar-refractivity contribution in [2.75, 3.05) is 0 Å². The second-order valence-electron chi connectivity index (χ2n) is 2.29. The van der Waals surface area contributed by atoms with Gasteiger partial charge in [0.1, 0.15) is 0 Å². The van der Waals surface area contributed by atoms with Crippen LogP contribution in [-0.4, -0.2) is 17.4 Å². The van der Waals surface area contributed by atoms with E-state index in [2.05, 4.69) is 4.65 Å². The van der Waals surface area contributed by atoms with Gasteiger partial charge in [-0.15, -0.1) is 0 Å². The lowest BCUT2D eigenvalue weighted by atomic mass is 10.2. The lowest BCUT2D eigenvalue weighted by molar-refractivity contribution is 0.258. The van der Waals surface area contributed by atoms with Crippen molar-refractivity contribution in [3.05, 3.63) is 41.1 Å². The van der Waals surface area contributed by atoms with E-state index in [1.54, 1.807) is 24.3 Å². The number of hydrogen-bond donors (Lipinski definition) is 2. The maximum absolute atomic E-state index is 8.35. The Morgan fingerprint density at radius 3 is 2.62 bits per heavy atom. The molecule has 0 amide bonds. The Kier molecular flexibility index (Phi) is 3.83. The third-order valence-electron chi connectivity index (χ3n) is 1.35. The molecule has 0 atom stereocenters. The van der Waals surface area contributed by atoms with E-state index >= 15 is 0 Å². The predicted octanol–water partition coefficient (Wildman–Crippen LogP) is 1.30. The van der Waals surface area contributed by atoms with E-state index < -0.39 is 7.32 Å². The normalized spacial score (nSPS) is 10.4. The lowest BCUT2D eigenvalue weighted by Crippen LogP contribution is -2.12. The molecule has 0 saturated heterocycles. The molecule has 0 heterocycles. The van der Waals surface area contributed by atoms with Crippen molar-refractivity contribution in [3.63, 3.8) is 0 Å². The van der Waals surface area contributed by atoms with Crippen molar-refractivity contribution < 1.29 is 14.7 Å². The maximum atomic E-state index is 8.35. The van der Waals surface area contributed by atoms with Crippen LogP contribution in [0.5, 0.6) is 0 Å². The Balaban J connectivity index is 2.63. The van der Waals surface area contributed by atoms with Gasteiger partial charge in [-0.05, 0) is 17.7 Å². The number of halogens is 1. The van der Waals surface area contributed by atoms with Gasteiger partial charge in [0.15, 0.2) is 0 Å². The molecule has 13 heavy (non-hydrogen) atoms. The third-order valence-corrected chi connectivity index (χ3v) is 1.70. The first-order valence-corrected chi connectivity index (χ1v) is 4.00. The first kappa shape index (κ1) is 10.1. The first-order valence-electron chi connectivity index (χ1n) is 3.63. The summed E-state index contributed by atoms with van der Waals surface area (Å²) in [7, 11) is -1.79. The summed E-state index contributed by atoms with van der Waals surface area (Å²) in [4.78, 5) is 0. The van der Waals surface area contributed by atoms with Gasteiger partial charge in [0, 0.05) is 5.02 Å². The smallest absolute Gasteiger partial charge is 0.518 e. The number of rotatable bonds is 3. The van der Waals surface area contributed by atoms with Gasteiger partial charge in [-0.2, -0.15) is 0 Å². The largest absolute Gasteiger partial charge is 0.707 e. The average Bonchev–Trinajstić information content (AvgIpc) is 2.08. The Labute approximate surface area is 81.4 Å². The molecule has 1 aromatic rings. The summed E-state index contributed by atoms with van der Waals surface area (Å²) in [6, 6.07) is 7.14. The van der Waals surface area contributed by atoms with E-state index in [9.17, 15) is 0 Å². The Bertz CT molecular complexity index is 301. The molecule has 68 valence electrons. The quantitative estimate of drug-likeness (QED) is 0.568. The number of benzene rings is 1. The fourth-order valence-electron chi connectivity index (χ4n) is 0.793. The van der Waals surface area contributed by atoms with Crippen LogP contribution in [0, 0.1) is 0 Å². The van der Waals surface area contributed by atoms with E-state index in [0.29, 0.717) is 5.02 Å². The van der Waals surface area contributed by atoms with Gasteiger partial charge in [-0.1, -0.05) is 29.8 Å². The molecule has 0 radical (unpaired) electrons. The van der Waals surface area contributed by atoms with Crippen molar-refractivity contribution in [2.45, 2.75) is 0 Å². The molecule has 0 aliphatic heterocycles. The molecule has 0 fully saturated rings. The predicted molar refractivity (Wildman–Crippen MR) is 51.8 cm³/mol. The van der Waals surface area contributed by atoms with Crippen LogP contribution in [0.4, 0.5) is 0 Å². The minimum absolute atomic E-state index is 0.578. The summed E-state index contributed by atoms with van der Waals surface area (Å²) in [6.07, 6.45) is 2.72. The zero-order chi connectivity index (χ0) is 9.68. The summed E-state index contributed by atoms with van der Waals surface area (Å²) in [5.41, 5.74) is 0.754. The van der Waals surface area contributed by atoms with Gasteiger partial charge in [0.2, 0.25) is 0 Å². The van der Waals surface area contributed by atoms with E-state index in [1.807, 2.05) is 6.07 Å². The summed E-state index contributed by atoms with van der Waals surface area (Å²) >= 11 is 5.81. The topological polar surface area (TPSA) is 49.7 Å². The number of hydrogen-bond acceptors (Lipinski definition) is 3. The highest BCUT2D eigenvalue weighted by Gasteiger charge is 2.05. The summed E-state index contributed by atoms with van der Waals surface area (Å²) in [6.45, 7) is 0. The summed E-state index contributed by atoms with van der Waals surface area (Å²) in [5, 5.41) is 17.3. The van der Waals surface area contributed by atoms with Gasteiger partial charge in [-0.25, -0.2) is 0 Å². The second-order valence-corrected chi connectivity index (χ2v) is 2.69. The molecule has 1 rings (SSSR count). The molecule has 3 nitrogen and oxygen atoms in total. The molecule has 0 aromatic heterocycles. The van der Waals surface area contributed by atoms with Gasteiger partial charge >= 0.3 is 7.32 Å². The van der Waals surface area contributed by atoms with E-state index in [1.165, 1.54) is 6.26 Å². The molecule has 0 spiro atoms. The molecule has 0 aliphatic carbocycles. The Morgan fingerprint density at radius 2 is 2.00 bits per heavy atom. The van der Waals surface area contributed by atoms with Crippen molar-refractivity contribution in [1.29, 1.82) is 0 Å². The Hall–Kier alpha value is -0.965. The SMILES string of the molecule is OB(O)O/C=C/c1ccccc1Cl. The van der Waals surface area contributed by atoms with Crippen LogP contribution in [0.1, 0.15) is 5.56 Å². The minimum atomic E-state index is -1.79. The monoisotopic (exact) mass is 198 g/mol. The zero-order valence-electron chi connectivity index (χ0n) is 6.72. The zero-order valence-corrected chi connectivity index (χ0v) is 7.48. The minimum Gasteiger partial charge on any atom is -0.518 e. The molecular formula is C8H8BClO3. The van der Waals surface area contributed by atoms with Crippen molar-refractivity contribution in [1.82, 2.24) is 0 Å². The molecule has 0 saturated carbocycles. The van der Waals surface area contributed by atoms with Crippen LogP contribution < -0.4 is 0 Å². The fourth-order valence-corrected chi connectivity index (χ4v) is 0.992. The van der Waals surface area contributed by atoms with E-state index in [-0.39, 0.29) is 0 Å². The van der Waals surface area contributed by atoms with Crippen molar-refractivity contribution in [3.8, 4) is 0 Å². The highest BCUT2D eigenvalue weighted by atomic mass is 35.5. The van der Waals surface area contributed by atoms with Crippen molar-refractivity contribution in [2.24, 2.45) is 0 Å². The summed E-state index contributed by atoms with van der Waals surface area (Å²) < 4.78 is 4.37. The molecule has 0 unspecified atom stereocenters. The van der Waals surface area contributed by atoms with Crippen LogP contribution in [0.15, 0.2) is 30.5 Å². The van der Waals surface area contributed by atoms with Crippen LogP contribution in [0.3, 0.4) is 0 Å². The van der Waals surface area contributed by atoms with E-state index in [4.69, 9.17) is 21.6 Å². The molecule has 2 N–H and O–H groups in total. The summed E-state index contributed by atoms with van der Waals surface area (Å²) in [5.74, 6) is 0. The van der Waals surface area contributed by atoms with E-state index in [0.717, 1.165) is 5.56 Å². The first-order chi connectivity index (χ1) is 6.20.